The number of rotatable bonds is 7. The van der Waals surface area contributed by atoms with Gasteiger partial charge in [0.05, 0.1) is 34.1 Å². The number of aromatic nitrogens is 1. The molecule has 2 bridgehead atoms. The number of allylic oxidation sites excluding steroid dienone is 6. The van der Waals surface area contributed by atoms with E-state index in [0.717, 1.165) is 68.5 Å². The number of quaternary nitrogens is 1. The van der Waals surface area contributed by atoms with Crippen LogP contribution in [0.4, 0.5) is 0 Å². The van der Waals surface area contributed by atoms with Crippen LogP contribution in [0.15, 0.2) is 77.4 Å². The molecule has 7 aliphatic rings. The predicted molar refractivity (Wildman–Crippen MR) is 244 cm³/mol. The van der Waals surface area contributed by atoms with Crippen LogP contribution in [-0.4, -0.2) is 28.6 Å². The molecule has 3 aliphatic heterocycles. The summed E-state index contributed by atoms with van der Waals surface area (Å²) in [5, 5.41) is 24.7. The Hall–Kier alpha value is -4.55. The highest BCUT2D eigenvalue weighted by molar-refractivity contribution is 6.17. The second-order valence-electron chi connectivity index (χ2n) is 20.7. The number of hydrogen-bond donors (Lipinski definition) is 4. The lowest BCUT2D eigenvalue weighted by Crippen LogP contribution is -2.86. The molecule has 4 aliphatic carbocycles. The zero-order chi connectivity index (χ0) is 40.9. The Labute approximate surface area is 351 Å². The number of nitrogens with one attached hydrogen (secondary N) is 3. The molecule has 1 saturated carbocycles. The number of para-hydroxylation sites is 1. The van der Waals surface area contributed by atoms with Gasteiger partial charge < -0.3 is 15.4 Å². The molecule has 3 aromatic rings. The van der Waals surface area contributed by atoms with Crippen molar-refractivity contribution in [2.45, 2.75) is 138 Å². The van der Waals surface area contributed by atoms with Gasteiger partial charge in [-0.1, -0.05) is 90.5 Å². The lowest BCUT2D eigenvalue weighted by atomic mass is 9.65. The van der Waals surface area contributed by atoms with Gasteiger partial charge in [0, 0.05) is 41.6 Å². The first-order valence-corrected chi connectivity index (χ1v) is 23.0. The number of benzene rings is 2. The van der Waals surface area contributed by atoms with Crippen molar-refractivity contribution in [1.29, 1.82) is 5.41 Å². The van der Waals surface area contributed by atoms with E-state index in [1.807, 2.05) is 0 Å². The summed E-state index contributed by atoms with van der Waals surface area (Å²) >= 11 is 0. The fourth-order valence-corrected chi connectivity index (χ4v) is 11.4. The van der Waals surface area contributed by atoms with Crippen molar-refractivity contribution in [3.05, 3.63) is 116 Å². The number of fused-ring (bicyclic) bond motifs is 6. The highest BCUT2D eigenvalue weighted by atomic mass is 16.5. The van der Waals surface area contributed by atoms with Crippen LogP contribution in [0.5, 0.6) is 0 Å². The molecule has 1 aromatic heterocycles. The van der Waals surface area contributed by atoms with Crippen molar-refractivity contribution in [1.82, 2.24) is 15.2 Å². The van der Waals surface area contributed by atoms with E-state index in [-0.39, 0.29) is 23.6 Å². The van der Waals surface area contributed by atoms with Gasteiger partial charge in [-0.05, 0) is 127 Å². The summed E-state index contributed by atoms with van der Waals surface area (Å²) in [5.74, 6) is 5.14. The summed E-state index contributed by atoms with van der Waals surface area (Å²) in [6.07, 6.45) is 22.2. The Morgan fingerprint density at radius 3 is 2.64 bits per heavy atom. The molecule has 308 valence electrons. The zero-order valence-electron chi connectivity index (χ0n) is 36.8. The van der Waals surface area contributed by atoms with Crippen LogP contribution in [0.3, 0.4) is 0 Å². The first-order chi connectivity index (χ1) is 28.3. The van der Waals surface area contributed by atoms with E-state index in [0.29, 0.717) is 29.5 Å². The van der Waals surface area contributed by atoms with E-state index >= 15 is 0 Å². The van der Waals surface area contributed by atoms with E-state index in [1.54, 1.807) is 0 Å². The van der Waals surface area contributed by atoms with E-state index in [2.05, 4.69) is 137 Å². The van der Waals surface area contributed by atoms with E-state index in [1.165, 1.54) is 84.5 Å². The second kappa shape index (κ2) is 14.6. The van der Waals surface area contributed by atoms with Gasteiger partial charge in [-0.2, -0.15) is 0 Å². The number of ether oxygens (including phenoxy) is 1. The zero-order valence-corrected chi connectivity index (χ0v) is 36.8. The van der Waals surface area contributed by atoms with Gasteiger partial charge in [0.15, 0.2) is 0 Å². The summed E-state index contributed by atoms with van der Waals surface area (Å²) in [4.78, 5) is 0. The quantitative estimate of drug-likeness (QED) is 0.194. The van der Waals surface area contributed by atoms with Crippen molar-refractivity contribution in [2.24, 2.45) is 29.1 Å². The highest BCUT2D eigenvalue weighted by Gasteiger charge is 2.44. The first kappa shape index (κ1) is 38.6. The summed E-state index contributed by atoms with van der Waals surface area (Å²) in [6, 6.07) is 11.6. The molecule has 0 amide bonds. The summed E-state index contributed by atoms with van der Waals surface area (Å²) in [6.45, 7) is 19.1. The Balaban J connectivity index is 1.21. The third kappa shape index (κ3) is 6.78. The van der Waals surface area contributed by atoms with E-state index in [9.17, 15) is 5.41 Å². The molecule has 1 saturated heterocycles. The van der Waals surface area contributed by atoms with Gasteiger partial charge >= 0.3 is 0 Å². The average molecular weight is 789 g/mol. The van der Waals surface area contributed by atoms with Gasteiger partial charge in [0.2, 0.25) is 5.84 Å². The lowest BCUT2D eigenvalue weighted by molar-refractivity contribution is -0.487. The minimum Gasteiger partial charge on any atom is -0.485 e. The SMILES string of the molecule is CC(=CC1CC1)C=C1NC2C3=c4c(c5ccccc5n41)=CCC3OC1=CCCC3=C1CC2NC=C(c1c(CC(C)C)c(CC(C)C)cc2c1CC(C)(C)C(C)C2)C(=N)[NH2+]3. The van der Waals surface area contributed by atoms with Crippen LogP contribution < -0.4 is 26.5 Å². The number of amidine groups is 1. The monoisotopic (exact) mass is 789 g/mol. The minimum absolute atomic E-state index is 0.0117. The fourth-order valence-electron chi connectivity index (χ4n) is 11.4. The van der Waals surface area contributed by atoms with Crippen LogP contribution in [0.25, 0.3) is 33.9 Å². The van der Waals surface area contributed by atoms with Gasteiger partial charge in [0.25, 0.3) is 0 Å². The van der Waals surface area contributed by atoms with Crippen LogP contribution >= 0.6 is 0 Å². The van der Waals surface area contributed by atoms with Gasteiger partial charge in [-0.25, -0.2) is 5.41 Å². The molecule has 4 atom stereocenters. The number of nitrogens with two attached hydrogens (primary N) is 1. The van der Waals surface area contributed by atoms with Crippen molar-refractivity contribution < 1.29 is 10.1 Å². The highest BCUT2D eigenvalue weighted by Crippen LogP contribution is 2.45. The van der Waals surface area contributed by atoms with Crippen LogP contribution in [0.2, 0.25) is 0 Å². The predicted octanol–water partition coefficient (Wildman–Crippen LogP) is 8.53. The Bertz CT molecular complexity index is 2560. The second-order valence-corrected chi connectivity index (χ2v) is 20.7. The molecule has 6 heteroatoms. The minimum atomic E-state index is -0.0804. The standard InChI is InChI=1S/C53H65N5O/c1-29(2)20-34-25-35-24-32(6)53(7,8)27-40(35)48(38(34)21-30(3)4)41-28-55-43-26-39-42(56-52(41)54)13-11-15-45(39)59-46-19-18-37-36-12-9-10-14-44(36)58-47(23-31(5)22-33-16-17-33)57-50(43)49(46)51(37)58/h9-10,12,14-15,18,22-23,25,28-30,32-33,43,46,50,55,57H,11,13,16-17,19-21,24,26-27H2,1-8H3,(H2,54,56)/p+1. The smallest absolute Gasteiger partial charge is 0.231 e. The molecule has 4 unspecified atom stereocenters. The summed E-state index contributed by atoms with van der Waals surface area (Å²) < 4.78 is 9.76. The fraction of sp³-hybridized carbons (Fsp3) is 0.491. The van der Waals surface area contributed by atoms with Crippen molar-refractivity contribution in [3.63, 3.8) is 0 Å². The first-order valence-electron chi connectivity index (χ1n) is 23.0. The van der Waals surface area contributed by atoms with Crippen LogP contribution in [0, 0.1) is 34.5 Å². The van der Waals surface area contributed by atoms with Crippen molar-refractivity contribution in [2.75, 3.05) is 0 Å². The lowest BCUT2D eigenvalue weighted by Gasteiger charge is -2.42. The van der Waals surface area contributed by atoms with E-state index in [4.69, 9.17) is 4.74 Å². The third-order valence-corrected chi connectivity index (χ3v) is 14.7. The van der Waals surface area contributed by atoms with Gasteiger partial charge in [-0.3, -0.25) is 9.88 Å². The molecule has 10 rings (SSSR count). The molecular formula is C53H66N5O+. The maximum absolute atomic E-state index is 10.1. The molecule has 0 spiro atoms. The normalized spacial score (nSPS) is 26.7. The topological polar surface area (TPSA) is 78.7 Å². The van der Waals surface area contributed by atoms with Crippen molar-refractivity contribution in [3.8, 4) is 0 Å². The molecule has 2 aromatic carbocycles. The van der Waals surface area contributed by atoms with Gasteiger partial charge in [0.1, 0.15) is 23.4 Å². The summed E-state index contributed by atoms with van der Waals surface area (Å²) in [7, 11) is 0. The maximum atomic E-state index is 10.1. The average Bonchev–Trinajstić information content (AvgIpc) is 3.91. The Morgan fingerprint density at radius 1 is 1.07 bits per heavy atom. The molecule has 0 radical (unpaired) electrons. The molecule has 2 fully saturated rings. The maximum Gasteiger partial charge on any atom is 0.231 e. The molecule has 6 nitrogen and oxygen atoms in total. The molecule has 59 heavy (non-hydrogen) atoms. The Morgan fingerprint density at radius 2 is 1.86 bits per heavy atom. The number of nitrogens with zero attached hydrogens (tertiary/aromatic N) is 1. The van der Waals surface area contributed by atoms with Crippen LogP contribution in [-0.2, 0) is 30.4 Å². The largest absolute Gasteiger partial charge is 0.485 e. The van der Waals surface area contributed by atoms with Gasteiger partial charge in [-0.15, -0.1) is 0 Å². The molecular weight excluding hydrogens is 723 g/mol. The molecule has 4 heterocycles. The van der Waals surface area contributed by atoms with E-state index < -0.39 is 0 Å². The third-order valence-electron chi connectivity index (χ3n) is 14.7. The Kier molecular flexibility index (Phi) is 9.54. The van der Waals surface area contributed by atoms with Crippen molar-refractivity contribution >= 4 is 39.8 Å². The van der Waals surface area contributed by atoms with Crippen LogP contribution in [0.1, 0.15) is 122 Å². The molecule has 5 N–H and O–H groups in total. The number of hydrogen-bond acceptors (Lipinski definition) is 4. The summed E-state index contributed by atoms with van der Waals surface area (Å²) in [5.41, 5.74) is 15.0.